The predicted molar refractivity (Wildman–Crippen MR) is 80.9 cm³/mol. The van der Waals surface area contributed by atoms with Crippen LogP contribution in [-0.4, -0.2) is 20.8 Å². The molecule has 0 saturated heterocycles. The summed E-state index contributed by atoms with van der Waals surface area (Å²) < 4.78 is 1.77. The Hall–Kier alpha value is -1.84. The van der Waals surface area contributed by atoms with Crippen LogP contribution in [0.15, 0.2) is 36.9 Å². The molecule has 4 nitrogen and oxygen atoms in total. The van der Waals surface area contributed by atoms with E-state index in [1.807, 2.05) is 0 Å². The monoisotopic (exact) mass is 270 g/mol. The molecular formula is C16H22N4. The maximum absolute atomic E-state index is 4.14. The Balaban J connectivity index is 1.70. The van der Waals surface area contributed by atoms with E-state index in [9.17, 15) is 0 Å². The molecule has 1 aromatic carbocycles. The lowest BCUT2D eigenvalue weighted by molar-refractivity contribution is 0.366. The van der Waals surface area contributed by atoms with E-state index in [1.165, 1.54) is 18.5 Å². The Bertz CT molecular complexity index is 557. The number of anilines is 1. The van der Waals surface area contributed by atoms with Gasteiger partial charge in [-0.1, -0.05) is 20.8 Å². The molecule has 2 atom stereocenters. The van der Waals surface area contributed by atoms with Crippen molar-refractivity contribution in [3.05, 3.63) is 36.9 Å². The van der Waals surface area contributed by atoms with E-state index in [-0.39, 0.29) is 0 Å². The zero-order valence-electron chi connectivity index (χ0n) is 12.4. The van der Waals surface area contributed by atoms with Crippen LogP contribution in [0.25, 0.3) is 5.69 Å². The lowest BCUT2D eigenvalue weighted by Crippen LogP contribution is -2.22. The number of benzene rings is 1. The van der Waals surface area contributed by atoms with Crippen molar-refractivity contribution >= 4 is 5.69 Å². The van der Waals surface area contributed by atoms with Crippen molar-refractivity contribution in [1.29, 1.82) is 0 Å². The minimum absolute atomic E-state index is 0.456. The zero-order chi connectivity index (χ0) is 14.2. The van der Waals surface area contributed by atoms with E-state index in [0.717, 1.165) is 11.6 Å². The number of hydrogen-bond acceptors (Lipinski definition) is 3. The molecule has 2 unspecified atom stereocenters. The molecule has 0 spiro atoms. The van der Waals surface area contributed by atoms with E-state index in [4.69, 9.17) is 0 Å². The second-order valence-corrected chi connectivity index (χ2v) is 6.69. The highest BCUT2D eigenvalue weighted by Gasteiger charge is 2.36. The summed E-state index contributed by atoms with van der Waals surface area (Å²) in [5, 5.41) is 7.81. The van der Waals surface area contributed by atoms with Gasteiger partial charge in [0.25, 0.3) is 0 Å². The molecule has 0 radical (unpaired) electrons. The fourth-order valence-electron chi connectivity index (χ4n) is 3.35. The molecule has 1 saturated carbocycles. The van der Waals surface area contributed by atoms with Gasteiger partial charge in [-0.2, -0.15) is 5.10 Å². The van der Waals surface area contributed by atoms with E-state index >= 15 is 0 Å². The summed E-state index contributed by atoms with van der Waals surface area (Å²) in [7, 11) is 0. The quantitative estimate of drug-likeness (QED) is 0.928. The maximum Gasteiger partial charge on any atom is 0.138 e. The van der Waals surface area contributed by atoms with E-state index in [1.54, 1.807) is 17.3 Å². The van der Waals surface area contributed by atoms with Gasteiger partial charge in [0.05, 0.1) is 5.69 Å². The first-order valence-corrected chi connectivity index (χ1v) is 7.25. The number of nitrogens with one attached hydrogen (secondary N) is 1. The minimum Gasteiger partial charge on any atom is -0.382 e. The van der Waals surface area contributed by atoms with Gasteiger partial charge in [-0.3, -0.25) is 0 Å². The Morgan fingerprint density at radius 1 is 1.20 bits per heavy atom. The Labute approximate surface area is 120 Å². The van der Waals surface area contributed by atoms with Crippen LogP contribution < -0.4 is 5.32 Å². The van der Waals surface area contributed by atoms with Gasteiger partial charge in [-0.25, -0.2) is 9.67 Å². The highest BCUT2D eigenvalue weighted by Crippen LogP contribution is 2.42. The number of aromatic nitrogens is 3. The average Bonchev–Trinajstić information content (AvgIpc) is 2.99. The molecule has 4 heteroatoms. The molecular weight excluding hydrogens is 248 g/mol. The summed E-state index contributed by atoms with van der Waals surface area (Å²) in [4.78, 5) is 3.97. The minimum atomic E-state index is 0.456. The molecule has 1 aromatic heterocycles. The standard InChI is InChI=1S/C16H22N4/c1-12-8-16(2,3)9-15(12)19-13-4-6-14(7-5-13)20-11-17-10-18-20/h4-7,10-12,15,19H,8-9H2,1-3H3. The predicted octanol–water partition coefficient (Wildman–Crippen LogP) is 3.50. The van der Waals surface area contributed by atoms with Gasteiger partial charge in [-0.15, -0.1) is 0 Å². The molecule has 1 fully saturated rings. The fourth-order valence-corrected chi connectivity index (χ4v) is 3.35. The van der Waals surface area contributed by atoms with Crippen molar-refractivity contribution in [3.8, 4) is 5.69 Å². The number of rotatable bonds is 3. The van der Waals surface area contributed by atoms with Gasteiger partial charge in [0, 0.05) is 11.7 Å². The van der Waals surface area contributed by atoms with Crippen molar-refractivity contribution in [2.45, 2.75) is 39.7 Å². The first kappa shape index (κ1) is 13.2. The third-order valence-electron chi connectivity index (χ3n) is 4.24. The number of hydrogen-bond donors (Lipinski definition) is 1. The SMILES string of the molecule is CC1CC(C)(C)CC1Nc1ccc(-n2cncn2)cc1. The summed E-state index contributed by atoms with van der Waals surface area (Å²) in [5.74, 6) is 0.722. The summed E-state index contributed by atoms with van der Waals surface area (Å²) in [6.07, 6.45) is 5.79. The average molecular weight is 270 g/mol. The van der Waals surface area contributed by atoms with Crippen molar-refractivity contribution in [2.75, 3.05) is 5.32 Å². The highest BCUT2D eigenvalue weighted by molar-refractivity contribution is 5.49. The van der Waals surface area contributed by atoms with Crippen LogP contribution in [0.3, 0.4) is 0 Å². The molecule has 3 rings (SSSR count). The summed E-state index contributed by atoms with van der Waals surface area (Å²) in [6, 6.07) is 8.95. The summed E-state index contributed by atoms with van der Waals surface area (Å²) in [5.41, 5.74) is 2.67. The molecule has 0 amide bonds. The van der Waals surface area contributed by atoms with Crippen LogP contribution >= 0.6 is 0 Å². The third kappa shape index (κ3) is 2.69. The van der Waals surface area contributed by atoms with Gasteiger partial charge < -0.3 is 5.32 Å². The Kier molecular flexibility index (Phi) is 3.24. The molecule has 106 valence electrons. The van der Waals surface area contributed by atoms with Crippen molar-refractivity contribution in [2.24, 2.45) is 11.3 Å². The zero-order valence-corrected chi connectivity index (χ0v) is 12.4. The molecule has 2 aromatic rings. The van der Waals surface area contributed by atoms with Gasteiger partial charge in [-0.05, 0) is 48.4 Å². The second-order valence-electron chi connectivity index (χ2n) is 6.69. The topological polar surface area (TPSA) is 42.7 Å². The van der Waals surface area contributed by atoms with Gasteiger partial charge in [0.2, 0.25) is 0 Å². The van der Waals surface area contributed by atoms with Gasteiger partial charge in [0.1, 0.15) is 12.7 Å². The van der Waals surface area contributed by atoms with Crippen LogP contribution in [0.5, 0.6) is 0 Å². The lowest BCUT2D eigenvalue weighted by Gasteiger charge is -2.20. The molecule has 0 aliphatic heterocycles. The molecule has 1 N–H and O–H groups in total. The summed E-state index contributed by atoms with van der Waals surface area (Å²) in [6.45, 7) is 7.06. The van der Waals surface area contributed by atoms with Crippen LogP contribution in [-0.2, 0) is 0 Å². The second kappa shape index (κ2) is 4.93. The van der Waals surface area contributed by atoms with E-state index in [0.29, 0.717) is 11.5 Å². The van der Waals surface area contributed by atoms with Crippen molar-refractivity contribution in [1.82, 2.24) is 14.8 Å². The third-order valence-corrected chi connectivity index (χ3v) is 4.24. The highest BCUT2D eigenvalue weighted by atomic mass is 15.3. The smallest absolute Gasteiger partial charge is 0.138 e. The van der Waals surface area contributed by atoms with E-state index in [2.05, 4.69) is 60.4 Å². The first-order chi connectivity index (χ1) is 9.53. The fraction of sp³-hybridized carbons (Fsp3) is 0.500. The maximum atomic E-state index is 4.14. The van der Waals surface area contributed by atoms with E-state index < -0.39 is 0 Å². The first-order valence-electron chi connectivity index (χ1n) is 7.25. The van der Waals surface area contributed by atoms with Crippen LogP contribution in [0, 0.1) is 11.3 Å². The molecule has 1 heterocycles. The van der Waals surface area contributed by atoms with Gasteiger partial charge in [0.15, 0.2) is 0 Å². The van der Waals surface area contributed by atoms with Crippen LogP contribution in [0.2, 0.25) is 0 Å². The number of nitrogens with zero attached hydrogens (tertiary/aromatic N) is 3. The largest absolute Gasteiger partial charge is 0.382 e. The molecule has 0 bridgehead atoms. The molecule has 1 aliphatic rings. The van der Waals surface area contributed by atoms with Crippen LogP contribution in [0.1, 0.15) is 33.6 Å². The summed E-state index contributed by atoms with van der Waals surface area (Å²) >= 11 is 0. The normalized spacial score (nSPS) is 24.8. The lowest BCUT2D eigenvalue weighted by atomic mass is 9.91. The molecule has 20 heavy (non-hydrogen) atoms. The van der Waals surface area contributed by atoms with Gasteiger partial charge >= 0.3 is 0 Å². The Morgan fingerprint density at radius 2 is 1.95 bits per heavy atom. The van der Waals surface area contributed by atoms with Crippen molar-refractivity contribution < 1.29 is 0 Å². The Morgan fingerprint density at radius 3 is 2.50 bits per heavy atom. The van der Waals surface area contributed by atoms with Crippen LogP contribution in [0.4, 0.5) is 5.69 Å². The molecule has 1 aliphatic carbocycles. The van der Waals surface area contributed by atoms with Crippen molar-refractivity contribution in [3.63, 3.8) is 0 Å².